The molecule has 0 unspecified atom stereocenters. The second kappa shape index (κ2) is 8.71. The van der Waals surface area contributed by atoms with Gasteiger partial charge in [-0.25, -0.2) is 0 Å². The molecule has 3 nitrogen and oxygen atoms in total. The van der Waals surface area contributed by atoms with Gasteiger partial charge in [0, 0.05) is 29.7 Å². The Morgan fingerprint density at radius 1 is 1.05 bits per heavy atom. The van der Waals surface area contributed by atoms with Gasteiger partial charge in [0.25, 0.3) is 5.91 Å². The van der Waals surface area contributed by atoms with Crippen molar-refractivity contribution in [3.63, 3.8) is 0 Å². The van der Waals surface area contributed by atoms with E-state index >= 15 is 0 Å². The van der Waals surface area contributed by atoms with Gasteiger partial charge in [0.1, 0.15) is 0 Å². The monoisotopic (exact) mass is 360 g/mol. The van der Waals surface area contributed by atoms with E-state index < -0.39 is 0 Å². The number of carbonyl (C=O) groups is 1. The third kappa shape index (κ3) is 5.28. The van der Waals surface area contributed by atoms with E-state index in [1.165, 1.54) is 5.56 Å². The highest BCUT2D eigenvalue weighted by atomic mass is 79.9. The summed E-state index contributed by atoms with van der Waals surface area (Å²) in [5, 5.41) is 6.30. The second-order valence-corrected chi connectivity index (χ2v) is 6.10. The summed E-state index contributed by atoms with van der Waals surface area (Å²) in [6, 6.07) is 16.0. The summed E-state index contributed by atoms with van der Waals surface area (Å²) >= 11 is 3.43. The maximum Gasteiger partial charge on any atom is 0.251 e. The van der Waals surface area contributed by atoms with Crippen molar-refractivity contribution in [2.24, 2.45) is 0 Å². The number of halogens is 1. The molecule has 0 saturated carbocycles. The van der Waals surface area contributed by atoms with Crippen LogP contribution < -0.4 is 10.6 Å². The lowest BCUT2D eigenvalue weighted by Crippen LogP contribution is -2.24. The third-order valence-corrected chi connectivity index (χ3v) is 3.82. The Hall–Kier alpha value is -1.65. The van der Waals surface area contributed by atoms with Crippen molar-refractivity contribution in [2.45, 2.75) is 26.4 Å². The minimum atomic E-state index is -0.00314. The predicted molar refractivity (Wildman–Crippen MR) is 93.8 cm³/mol. The van der Waals surface area contributed by atoms with Crippen LogP contribution in [0, 0.1) is 0 Å². The zero-order valence-electron chi connectivity index (χ0n) is 12.7. The van der Waals surface area contributed by atoms with Crippen LogP contribution in [0.4, 0.5) is 0 Å². The fourth-order valence-corrected chi connectivity index (χ4v) is 2.38. The van der Waals surface area contributed by atoms with E-state index in [0.29, 0.717) is 6.54 Å². The van der Waals surface area contributed by atoms with Crippen molar-refractivity contribution in [1.29, 1.82) is 0 Å². The SMILES string of the molecule is CCCNC(=O)c1cccc(CNCc2ccc(Br)cc2)c1. The fraction of sp³-hybridized carbons (Fsp3) is 0.278. The molecule has 0 aliphatic heterocycles. The fourth-order valence-electron chi connectivity index (χ4n) is 2.12. The van der Waals surface area contributed by atoms with E-state index in [4.69, 9.17) is 0 Å². The minimum Gasteiger partial charge on any atom is -0.352 e. The molecule has 0 saturated heterocycles. The molecule has 0 heterocycles. The summed E-state index contributed by atoms with van der Waals surface area (Å²) in [5.41, 5.74) is 3.07. The second-order valence-electron chi connectivity index (χ2n) is 5.19. The summed E-state index contributed by atoms with van der Waals surface area (Å²) in [7, 11) is 0. The number of hydrogen-bond donors (Lipinski definition) is 2. The van der Waals surface area contributed by atoms with Gasteiger partial charge >= 0.3 is 0 Å². The average molecular weight is 361 g/mol. The summed E-state index contributed by atoms with van der Waals surface area (Å²) < 4.78 is 1.09. The van der Waals surface area contributed by atoms with E-state index in [2.05, 4.69) is 38.7 Å². The highest BCUT2D eigenvalue weighted by Gasteiger charge is 2.05. The number of carbonyl (C=O) groups excluding carboxylic acids is 1. The van der Waals surface area contributed by atoms with Crippen molar-refractivity contribution < 1.29 is 4.79 Å². The molecule has 0 spiro atoms. The summed E-state index contributed by atoms with van der Waals surface area (Å²) in [5.74, 6) is -0.00314. The van der Waals surface area contributed by atoms with E-state index in [-0.39, 0.29) is 5.91 Å². The first-order valence-electron chi connectivity index (χ1n) is 7.51. The van der Waals surface area contributed by atoms with Gasteiger partial charge in [-0.05, 0) is 41.8 Å². The summed E-state index contributed by atoms with van der Waals surface area (Å²) in [6.07, 6.45) is 0.945. The quantitative estimate of drug-likeness (QED) is 0.786. The predicted octanol–water partition coefficient (Wildman–Crippen LogP) is 3.88. The van der Waals surface area contributed by atoms with Gasteiger partial charge < -0.3 is 10.6 Å². The Morgan fingerprint density at radius 2 is 1.77 bits per heavy atom. The molecule has 0 bridgehead atoms. The molecule has 4 heteroatoms. The normalized spacial score (nSPS) is 10.5. The molecule has 2 rings (SSSR count). The van der Waals surface area contributed by atoms with Crippen LogP contribution in [0.25, 0.3) is 0 Å². The van der Waals surface area contributed by atoms with E-state index in [9.17, 15) is 4.79 Å². The van der Waals surface area contributed by atoms with E-state index in [1.807, 2.05) is 43.3 Å². The van der Waals surface area contributed by atoms with Crippen LogP contribution >= 0.6 is 15.9 Å². The van der Waals surface area contributed by atoms with Gasteiger partial charge in [0.05, 0.1) is 0 Å². The van der Waals surface area contributed by atoms with Crippen molar-refractivity contribution in [1.82, 2.24) is 10.6 Å². The average Bonchev–Trinajstić information content (AvgIpc) is 2.55. The van der Waals surface area contributed by atoms with Crippen molar-refractivity contribution in [2.75, 3.05) is 6.54 Å². The minimum absolute atomic E-state index is 0.00314. The van der Waals surface area contributed by atoms with Crippen molar-refractivity contribution in [3.8, 4) is 0 Å². The molecule has 0 fully saturated rings. The summed E-state index contributed by atoms with van der Waals surface area (Å²) in [6.45, 7) is 4.30. The van der Waals surface area contributed by atoms with Crippen LogP contribution in [0.15, 0.2) is 53.0 Å². The highest BCUT2D eigenvalue weighted by molar-refractivity contribution is 9.10. The van der Waals surface area contributed by atoms with Gasteiger partial charge in [-0.15, -0.1) is 0 Å². The van der Waals surface area contributed by atoms with Crippen LogP contribution in [-0.4, -0.2) is 12.5 Å². The van der Waals surface area contributed by atoms with Crippen LogP contribution in [0.3, 0.4) is 0 Å². The van der Waals surface area contributed by atoms with Gasteiger partial charge in [0.15, 0.2) is 0 Å². The molecule has 22 heavy (non-hydrogen) atoms. The molecule has 2 N–H and O–H groups in total. The topological polar surface area (TPSA) is 41.1 Å². The van der Waals surface area contributed by atoms with Crippen LogP contribution in [0.5, 0.6) is 0 Å². The molecule has 0 atom stereocenters. The molecule has 2 aromatic rings. The van der Waals surface area contributed by atoms with Crippen molar-refractivity contribution >= 4 is 21.8 Å². The van der Waals surface area contributed by atoms with Gasteiger partial charge in [-0.2, -0.15) is 0 Å². The molecule has 0 aliphatic rings. The van der Waals surface area contributed by atoms with Crippen molar-refractivity contribution in [3.05, 3.63) is 69.7 Å². The van der Waals surface area contributed by atoms with Gasteiger partial charge in [-0.1, -0.05) is 47.1 Å². The van der Waals surface area contributed by atoms with E-state index in [1.54, 1.807) is 0 Å². The zero-order valence-corrected chi connectivity index (χ0v) is 14.3. The lowest BCUT2D eigenvalue weighted by Gasteiger charge is -2.08. The highest BCUT2D eigenvalue weighted by Crippen LogP contribution is 2.11. The Kier molecular flexibility index (Phi) is 6.62. The van der Waals surface area contributed by atoms with E-state index in [0.717, 1.165) is 35.1 Å². The lowest BCUT2D eigenvalue weighted by atomic mass is 10.1. The number of rotatable bonds is 7. The Labute approximate surface area is 140 Å². The smallest absolute Gasteiger partial charge is 0.251 e. The molecule has 2 aromatic carbocycles. The zero-order chi connectivity index (χ0) is 15.8. The summed E-state index contributed by atoms with van der Waals surface area (Å²) in [4.78, 5) is 11.9. The van der Waals surface area contributed by atoms with Crippen LogP contribution in [-0.2, 0) is 13.1 Å². The molecule has 0 aromatic heterocycles. The molecular weight excluding hydrogens is 340 g/mol. The molecule has 116 valence electrons. The molecule has 0 radical (unpaired) electrons. The number of benzene rings is 2. The number of nitrogens with one attached hydrogen (secondary N) is 2. The van der Waals surface area contributed by atoms with Crippen LogP contribution in [0.2, 0.25) is 0 Å². The Balaban J connectivity index is 1.87. The molecule has 1 amide bonds. The van der Waals surface area contributed by atoms with Gasteiger partial charge in [0.2, 0.25) is 0 Å². The first kappa shape index (κ1) is 16.7. The maximum atomic E-state index is 11.9. The third-order valence-electron chi connectivity index (χ3n) is 3.30. The molecular formula is C18H21BrN2O. The van der Waals surface area contributed by atoms with Crippen LogP contribution in [0.1, 0.15) is 34.8 Å². The molecule has 0 aliphatic carbocycles. The number of hydrogen-bond acceptors (Lipinski definition) is 2. The standard InChI is InChI=1S/C18H21BrN2O/c1-2-10-21-18(22)16-5-3-4-15(11-16)13-20-12-14-6-8-17(19)9-7-14/h3-9,11,20H,2,10,12-13H2,1H3,(H,21,22). The van der Waals surface area contributed by atoms with Gasteiger partial charge in [-0.3, -0.25) is 4.79 Å². The Bertz CT molecular complexity index is 611. The maximum absolute atomic E-state index is 11.9. The lowest BCUT2D eigenvalue weighted by molar-refractivity contribution is 0.0953. The Morgan fingerprint density at radius 3 is 2.50 bits per heavy atom. The largest absolute Gasteiger partial charge is 0.352 e. The first-order valence-corrected chi connectivity index (χ1v) is 8.30. The number of amides is 1. The first-order chi connectivity index (χ1) is 10.7.